The number of ether oxygens (including phenoxy) is 1. The zero-order chi connectivity index (χ0) is 17.8. The van der Waals surface area contributed by atoms with E-state index in [2.05, 4.69) is 5.32 Å². The second-order valence-electron chi connectivity index (χ2n) is 5.76. The van der Waals surface area contributed by atoms with Gasteiger partial charge < -0.3 is 15.2 Å². The van der Waals surface area contributed by atoms with E-state index in [9.17, 15) is 14.7 Å². The zero-order valence-corrected chi connectivity index (χ0v) is 15.4. The van der Waals surface area contributed by atoms with Gasteiger partial charge in [-0.25, -0.2) is 0 Å². The van der Waals surface area contributed by atoms with Crippen molar-refractivity contribution in [2.24, 2.45) is 0 Å². The third-order valence-electron chi connectivity index (χ3n) is 4.05. The van der Waals surface area contributed by atoms with Crippen LogP contribution in [-0.2, 0) is 22.6 Å². The van der Waals surface area contributed by atoms with Crippen LogP contribution in [0, 0.1) is 0 Å². The number of rotatable bonds is 6. The SMILES string of the molecule is CSc1ccc(C(CC(=O)O)NC(=O)c2cc3c(s2)CCOC3)cc1. The van der Waals surface area contributed by atoms with E-state index < -0.39 is 12.0 Å². The minimum Gasteiger partial charge on any atom is -0.481 e. The maximum atomic E-state index is 12.6. The Bertz CT molecular complexity index is 746. The van der Waals surface area contributed by atoms with Crippen LogP contribution in [0.15, 0.2) is 35.2 Å². The largest absolute Gasteiger partial charge is 0.481 e. The number of carboxylic acids is 1. The molecule has 0 radical (unpaired) electrons. The van der Waals surface area contributed by atoms with Crippen LogP contribution in [0.5, 0.6) is 0 Å². The molecule has 0 spiro atoms. The summed E-state index contributed by atoms with van der Waals surface area (Å²) in [5.74, 6) is -1.18. The number of carboxylic acid groups (broad SMARTS) is 1. The van der Waals surface area contributed by atoms with Crippen molar-refractivity contribution < 1.29 is 19.4 Å². The summed E-state index contributed by atoms with van der Waals surface area (Å²) in [5, 5.41) is 12.1. The summed E-state index contributed by atoms with van der Waals surface area (Å²) < 4.78 is 5.41. The molecule has 1 aromatic carbocycles. The lowest BCUT2D eigenvalue weighted by Gasteiger charge is -2.17. The van der Waals surface area contributed by atoms with Crippen molar-refractivity contribution in [3.63, 3.8) is 0 Å². The number of amides is 1. The number of fused-ring (bicyclic) bond motifs is 1. The monoisotopic (exact) mass is 377 g/mol. The first-order valence-electron chi connectivity index (χ1n) is 7.92. The molecule has 1 unspecified atom stereocenters. The zero-order valence-electron chi connectivity index (χ0n) is 13.8. The summed E-state index contributed by atoms with van der Waals surface area (Å²) in [6.45, 7) is 1.21. The number of aliphatic carboxylic acids is 1. The molecule has 1 atom stereocenters. The fourth-order valence-corrected chi connectivity index (χ4v) is 4.21. The van der Waals surface area contributed by atoms with Gasteiger partial charge in [0.1, 0.15) is 0 Å². The number of carbonyl (C=O) groups is 2. The molecule has 1 aliphatic rings. The molecular weight excluding hydrogens is 358 g/mol. The molecule has 0 fully saturated rings. The van der Waals surface area contributed by atoms with E-state index in [1.165, 1.54) is 16.2 Å². The molecule has 0 saturated heterocycles. The van der Waals surface area contributed by atoms with Gasteiger partial charge in [-0.2, -0.15) is 0 Å². The van der Waals surface area contributed by atoms with Crippen LogP contribution in [0.1, 0.15) is 38.1 Å². The van der Waals surface area contributed by atoms with Crippen molar-refractivity contribution in [3.8, 4) is 0 Å². The molecular formula is C18H19NO4S2. The third-order valence-corrected chi connectivity index (χ3v) is 6.03. The van der Waals surface area contributed by atoms with Gasteiger partial charge in [-0.05, 0) is 35.6 Å². The number of thioether (sulfide) groups is 1. The summed E-state index contributed by atoms with van der Waals surface area (Å²) in [6.07, 6.45) is 2.65. The summed E-state index contributed by atoms with van der Waals surface area (Å²) in [7, 11) is 0. The summed E-state index contributed by atoms with van der Waals surface area (Å²) in [5.41, 5.74) is 1.85. The average Bonchev–Trinajstić information content (AvgIpc) is 3.05. The average molecular weight is 377 g/mol. The Labute approximate surface area is 154 Å². The van der Waals surface area contributed by atoms with Crippen molar-refractivity contribution in [1.82, 2.24) is 5.32 Å². The van der Waals surface area contributed by atoms with E-state index in [0.717, 1.165) is 22.4 Å². The first-order valence-corrected chi connectivity index (χ1v) is 9.97. The van der Waals surface area contributed by atoms with Crippen LogP contribution in [0.3, 0.4) is 0 Å². The lowest BCUT2D eigenvalue weighted by atomic mass is 10.0. The predicted octanol–water partition coefficient (Wildman–Crippen LogP) is 3.49. The van der Waals surface area contributed by atoms with Gasteiger partial charge in [0.2, 0.25) is 0 Å². The number of hydrogen-bond acceptors (Lipinski definition) is 5. The fraction of sp³-hybridized carbons (Fsp3) is 0.333. The summed E-state index contributed by atoms with van der Waals surface area (Å²) >= 11 is 3.08. The minimum atomic E-state index is -0.946. The molecule has 5 nitrogen and oxygen atoms in total. The number of thiophene rings is 1. The summed E-state index contributed by atoms with van der Waals surface area (Å²) in [6, 6.07) is 8.89. The highest BCUT2D eigenvalue weighted by molar-refractivity contribution is 7.98. The van der Waals surface area contributed by atoms with Crippen LogP contribution in [0.25, 0.3) is 0 Å². The smallest absolute Gasteiger partial charge is 0.305 e. The van der Waals surface area contributed by atoms with Gasteiger partial charge in [-0.1, -0.05) is 12.1 Å². The quantitative estimate of drug-likeness (QED) is 0.754. The molecule has 1 aliphatic heterocycles. The Morgan fingerprint density at radius 2 is 2.12 bits per heavy atom. The maximum Gasteiger partial charge on any atom is 0.305 e. The van der Waals surface area contributed by atoms with Crippen LogP contribution < -0.4 is 5.32 Å². The van der Waals surface area contributed by atoms with Gasteiger partial charge in [-0.3, -0.25) is 9.59 Å². The lowest BCUT2D eigenvalue weighted by molar-refractivity contribution is -0.137. The van der Waals surface area contributed by atoms with E-state index in [-0.39, 0.29) is 12.3 Å². The van der Waals surface area contributed by atoms with Gasteiger partial charge in [0, 0.05) is 16.2 Å². The molecule has 25 heavy (non-hydrogen) atoms. The van der Waals surface area contributed by atoms with E-state index >= 15 is 0 Å². The van der Waals surface area contributed by atoms with E-state index in [1.807, 2.05) is 36.6 Å². The third kappa shape index (κ3) is 4.42. The highest BCUT2D eigenvalue weighted by Crippen LogP contribution is 2.28. The molecule has 0 saturated carbocycles. The van der Waals surface area contributed by atoms with Crippen LogP contribution in [-0.4, -0.2) is 29.8 Å². The minimum absolute atomic E-state index is 0.154. The Balaban J connectivity index is 1.78. The van der Waals surface area contributed by atoms with E-state index in [1.54, 1.807) is 11.8 Å². The van der Waals surface area contributed by atoms with Gasteiger partial charge in [0.15, 0.2) is 0 Å². The lowest BCUT2D eigenvalue weighted by Crippen LogP contribution is -2.29. The molecule has 2 aromatic rings. The molecule has 1 amide bonds. The number of nitrogens with one attached hydrogen (secondary N) is 1. The predicted molar refractivity (Wildman–Crippen MR) is 98.4 cm³/mol. The Morgan fingerprint density at radius 3 is 2.76 bits per heavy atom. The standard InChI is InChI=1S/C18H19NO4S2/c1-24-13-4-2-11(3-5-13)14(9-17(20)21)19-18(22)16-8-12-10-23-7-6-15(12)25-16/h2-5,8,14H,6-7,9-10H2,1H3,(H,19,22)(H,20,21). The normalized spacial score (nSPS) is 14.6. The molecule has 3 rings (SSSR count). The van der Waals surface area contributed by atoms with Crippen molar-refractivity contribution >= 4 is 35.0 Å². The molecule has 2 heterocycles. The number of benzene rings is 1. The van der Waals surface area contributed by atoms with Crippen molar-refractivity contribution in [2.75, 3.05) is 12.9 Å². The molecule has 0 bridgehead atoms. The van der Waals surface area contributed by atoms with Gasteiger partial charge in [0.05, 0.1) is 30.6 Å². The second-order valence-corrected chi connectivity index (χ2v) is 7.78. The van der Waals surface area contributed by atoms with Gasteiger partial charge >= 0.3 is 5.97 Å². The van der Waals surface area contributed by atoms with Crippen molar-refractivity contribution in [2.45, 2.75) is 30.4 Å². The Hall–Kier alpha value is -1.83. The van der Waals surface area contributed by atoms with Crippen LogP contribution in [0.2, 0.25) is 0 Å². The van der Waals surface area contributed by atoms with Crippen molar-refractivity contribution in [3.05, 3.63) is 51.2 Å². The van der Waals surface area contributed by atoms with E-state index in [4.69, 9.17) is 4.74 Å². The molecule has 7 heteroatoms. The van der Waals surface area contributed by atoms with Crippen molar-refractivity contribution in [1.29, 1.82) is 0 Å². The van der Waals surface area contributed by atoms with Crippen LogP contribution in [0.4, 0.5) is 0 Å². The second kappa shape index (κ2) is 8.03. The number of hydrogen-bond donors (Lipinski definition) is 2. The first kappa shape index (κ1) is 18.0. The van der Waals surface area contributed by atoms with E-state index in [0.29, 0.717) is 18.1 Å². The fourth-order valence-electron chi connectivity index (χ4n) is 2.75. The molecule has 2 N–H and O–H groups in total. The summed E-state index contributed by atoms with van der Waals surface area (Å²) in [4.78, 5) is 26.7. The van der Waals surface area contributed by atoms with Gasteiger partial charge in [0.25, 0.3) is 5.91 Å². The molecule has 132 valence electrons. The van der Waals surface area contributed by atoms with Gasteiger partial charge in [-0.15, -0.1) is 23.1 Å². The molecule has 1 aromatic heterocycles. The maximum absolute atomic E-state index is 12.6. The Morgan fingerprint density at radius 1 is 1.36 bits per heavy atom. The molecule has 0 aliphatic carbocycles. The highest BCUT2D eigenvalue weighted by Gasteiger charge is 2.22. The highest BCUT2D eigenvalue weighted by atomic mass is 32.2. The topological polar surface area (TPSA) is 75.6 Å². The van der Waals surface area contributed by atoms with Crippen LogP contribution >= 0.6 is 23.1 Å². The number of carbonyl (C=O) groups excluding carboxylic acids is 1. The Kier molecular flexibility index (Phi) is 5.78. The first-order chi connectivity index (χ1) is 12.1.